The molecule has 92 valence electrons. The highest BCUT2D eigenvalue weighted by molar-refractivity contribution is 4.84. The molecule has 0 aromatic heterocycles. The minimum Gasteiger partial charge on any atom is -0.300 e. The molecule has 1 fully saturated rings. The fourth-order valence-electron chi connectivity index (χ4n) is 2.74. The molecule has 2 atom stereocenters. The average molecular weight is 213 g/mol. The predicted octanol–water partition coefficient (Wildman–Crippen LogP) is 4.32. The number of likely N-dealkylation sites (tertiary alicyclic amines) is 1. The van der Waals surface area contributed by atoms with Gasteiger partial charge in [-0.05, 0) is 38.6 Å². The van der Waals surface area contributed by atoms with Crippen LogP contribution in [0, 0.1) is 5.92 Å². The van der Waals surface area contributed by atoms with Crippen molar-refractivity contribution in [2.75, 3.05) is 7.05 Å². The van der Waals surface area contributed by atoms with Crippen molar-refractivity contribution in [2.45, 2.75) is 78.8 Å². The molecule has 1 rings (SSSR count). The largest absolute Gasteiger partial charge is 0.300 e. The molecule has 1 saturated heterocycles. The summed E-state index contributed by atoms with van der Waals surface area (Å²) in [5.74, 6) is 0.992. The van der Waals surface area contributed by atoms with Crippen LogP contribution in [-0.4, -0.2) is 24.0 Å². The van der Waals surface area contributed by atoms with Gasteiger partial charge in [-0.25, -0.2) is 0 Å². The van der Waals surface area contributed by atoms with Gasteiger partial charge in [-0.1, -0.05) is 41.0 Å². The lowest BCUT2D eigenvalue weighted by atomic mass is 9.83. The minimum atomic E-state index is 0.851. The zero-order valence-corrected chi connectivity index (χ0v) is 11.7. The van der Waals surface area contributed by atoms with Crippen molar-refractivity contribution >= 4 is 0 Å². The van der Waals surface area contributed by atoms with Gasteiger partial charge < -0.3 is 4.90 Å². The third kappa shape index (κ3) is 4.14. The van der Waals surface area contributed by atoms with Crippen molar-refractivity contribution < 1.29 is 0 Å². The Morgan fingerprint density at radius 3 is 1.53 bits per heavy atom. The molecule has 1 heteroatoms. The zero-order chi connectivity index (χ0) is 11.8. The van der Waals surface area contributed by atoms with Crippen LogP contribution in [0.3, 0.4) is 0 Å². The Labute approximate surface area is 97.2 Å². The highest BCUT2D eigenvalue weighted by Crippen LogP contribution is 2.31. The summed E-state index contributed by atoms with van der Waals surface area (Å²) in [7, 11) is 2.31. The van der Waals surface area contributed by atoms with E-state index in [0.29, 0.717) is 0 Å². The van der Waals surface area contributed by atoms with Crippen molar-refractivity contribution in [3.8, 4) is 0 Å². The minimum absolute atomic E-state index is 0.851. The van der Waals surface area contributed by atoms with Crippen molar-refractivity contribution in [1.82, 2.24) is 4.90 Å². The SMILES string of the molecule is CC.CCC1CC(CC)N(C)C(CC)C1. The number of piperidine rings is 1. The fourth-order valence-corrected chi connectivity index (χ4v) is 2.74. The van der Waals surface area contributed by atoms with Crippen molar-refractivity contribution in [1.29, 1.82) is 0 Å². The van der Waals surface area contributed by atoms with Crippen molar-refractivity contribution in [3.05, 3.63) is 0 Å². The summed E-state index contributed by atoms with van der Waals surface area (Å²) in [5, 5.41) is 0. The van der Waals surface area contributed by atoms with Gasteiger partial charge in [0.15, 0.2) is 0 Å². The monoisotopic (exact) mass is 213 g/mol. The summed E-state index contributed by atoms with van der Waals surface area (Å²) in [4.78, 5) is 2.62. The van der Waals surface area contributed by atoms with Crippen LogP contribution in [0.4, 0.5) is 0 Å². The van der Waals surface area contributed by atoms with E-state index in [2.05, 4.69) is 32.7 Å². The summed E-state index contributed by atoms with van der Waals surface area (Å²) in [5.41, 5.74) is 0. The van der Waals surface area contributed by atoms with Gasteiger partial charge in [0.05, 0.1) is 0 Å². The summed E-state index contributed by atoms with van der Waals surface area (Å²) < 4.78 is 0. The van der Waals surface area contributed by atoms with Gasteiger partial charge in [-0.3, -0.25) is 0 Å². The highest BCUT2D eigenvalue weighted by atomic mass is 15.2. The molecule has 0 aromatic carbocycles. The first-order valence-corrected chi connectivity index (χ1v) is 6.94. The molecule has 0 spiro atoms. The van der Waals surface area contributed by atoms with Gasteiger partial charge >= 0.3 is 0 Å². The number of rotatable bonds is 3. The van der Waals surface area contributed by atoms with Gasteiger partial charge in [0, 0.05) is 12.1 Å². The Balaban J connectivity index is 0.000000921. The van der Waals surface area contributed by atoms with Gasteiger partial charge in [0.25, 0.3) is 0 Å². The van der Waals surface area contributed by atoms with E-state index in [0.717, 1.165) is 18.0 Å². The summed E-state index contributed by atoms with van der Waals surface area (Å²) >= 11 is 0. The third-order valence-corrected chi connectivity index (χ3v) is 3.88. The third-order valence-electron chi connectivity index (χ3n) is 3.88. The van der Waals surface area contributed by atoms with Crippen LogP contribution >= 0.6 is 0 Å². The maximum atomic E-state index is 2.62. The molecule has 0 aliphatic carbocycles. The number of nitrogens with zero attached hydrogens (tertiary/aromatic N) is 1. The van der Waals surface area contributed by atoms with Crippen LogP contribution in [0.25, 0.3) is 0 Å². The smallest absolute Gasteiger partial charge is 0.00951 e. The maximum absolute atomic E-state index is 2.62. The molecule has 0 amide bonds. The molecule has 1 aliphatic rings. The Bertz CT molecular complexity index is 130. The molecule has 1 nitrogen and oxygen atoms in total. The molecular weight excluding hydrogens is 182 g/mol. The zero-order valence-electron chi connectivity index (χ0n) is 11.7. The molecule has 0 N–H and O–H groups in total. The van der Waals surface area contributed by atoms with E-state index >= 15 is 0 Å². The molecule has 2 unspecified atom stereocenters. The van der Waals surface area contributed by atoms with Crippen LogP contribution in [0.1, 0.15) is 66.7 Å². The molecule has 0 saturated carbocycles. The van der Waals surface area contributed by atoms with Crippen LogP contribution in [0.15, 0.2) is 0 Å². The first-order valence-electron chi connectivity index (χ1n) is 6.94. The maximum Gasteiger partial charge on any atom is 0.00951 e. The van der Waals surface area contributed by atoms with Crippen LogP contribution in [0.5, 0.6) is 0 Å². The van der Waals surface area contributed by atoms with Crippen LogP contribution in [0.2, 0.25) is 0 Å². The first-order chi connectivity index (χ1) is 7.22. The summed E-state index contributed by atoms with van der Waals surface area (Å²) in [6, 6.07) is 1.70. The van der Waals surface area contributed by atoms with E-state index in [4.69, 9.17) is 0 Å². The lowest BCUT2D eigenvalue weighted by Crippen LogP contribution is -2.46. The van der Waals surface area contributed by atoms with E-state index < -0.39 is 0 Å². The standard InChI is InChI=1S/C12H25N.C2H6/c1-5-10-8-11(6-2)13(4)12(7-3)9-10;1-2/h10-12H,5-9H2,1-4H3;1-2H3. The predicted molar refractivity (Wildman–Crippen MR) is 70.3 cm³/mol. The Morgan fingerprint density at radius 1 is 0.867 bits per heavy atom. The normalized spacial score (nSPS) is 32.0. The number of hydrogen-bond acceptors (Lipinski definition) is 1. The van der Waals surface area contributed by atoms with E-state index in [-0.39, 0.29) is 0 Å². The molecule has 15 heavy (non-hydrogen) atoms. The molecule has 0 aromatic rings. The Kier molecular flexibility index (Phi) is 8.13. The second-order valence-corrected chi connectivity index (χ2v) is 4.54. The second-order valence-electron chi connectivity index (χ2n) is 4.54. The quantitative estimate of drug-likeness (QED) is 0.675. The summed E-state index contributed by atoms with van der Waals surface area (Å²) in [6.45, 7) is 11.0. The molecular formula is C14H31N. The molecule has 0 bridgehead atoms. The fraction of sp³-hybridized carbons (Fsp3) is 1.00. The van der Waals surface area contributed by atoms with Crippen molar-refractivity contribution in [2.24, 2.45) is 5.92 Å². The lowest BCUT2D eigenvalue weighted by Gasteiger charge is -2.42. The lowest BCUT2D eigenvalue weighted by molar-refractivity contribution is 0.0714. The van der Waals surface area contributed by atoms with E-state index in [9.17, 15) is 0 Å². The molecule has 1 aliphatic heterocycles. The average Bonchev–Trinajstić information content (AvgIpc) is 2.32. The summed E-state index contributed by atoms with van der Waals surface area (Å²) in [6.07, 6.45) is 6.88. The second kappa shape index (κ2) is 8.15. The van der Waals surface area contributed by atoms with Crippen LogP contribution in [-0.2, 0) is 0 Å². The van der Waals surface area contributed by atoms with Gasteiger partial charge in [-0.15, -0.1) is 0 Å². The van der Waals surface area contributed by atoms with E-state index in [1.807, 2.05) is 13.8 Å². The number of hydrogen-bond donors (Lipinski definition) is 0. The van der Waals surface area contributed by atoms with Gasteiger partial charge in [0.1, 0.15) is 0 Å². The van der Waals surface area contributed by atoms with Crippen molar-refractivity contribution in [3.63, 3.8) is 0 Å². The van der Waals surface area contributed by atoms with E-state index in [1.54, 1.807) is 0 Å². The first kappa shape index (κ1) is 15.0. The van der Waals surface area contributed by atoms with Crippen LogP contribution < -0.4 is 0 Å². The molecule has 1 heterocycles. The Morgan fingerprint density at radius 2 is 1.27 bits per heavy atom. The highest BCUT2D eigenvalue weighted by Gasteiger charge is 2.29. The molecule has 0 radical (unpaired) electrons. The Hall–Kier alpha value is -0.0400. The van der Waals surface area contributed by atoms with Gasteiger partial charge in [-0.2, -0.15) is 0 Å². The van der Waals surface area contributed by atoms with E-state index in [1.165, 1.54) is 32.1 Å². The van der Waals surface area contributed by atoms with Gasteiger partial charge in [0.2, 0.25) is 0 Å². The topological polar surface area (TPSA) is 3.24 Å².